The summed E-state index contributed by atoms with van der Waals surface area (Å²) in [5.74, 6) is 0.782. The van der Waals surface area contributed by atoms with Crippen molar-refractivity contribution < 1.29 is 0 Å². The number of nitrogens with zero attached hydrogens (tertiary/aromatic N) is 4. The van der Waals surface area contributed by atoms with Crippen molar-refractivity contribution >= 4 is 11.5 Å². The van der Waals surface area contributed by atoms with Crippen molar-refractivity contribution in [1.29, 1.82) is 5.26 Å². The number of hydrogen-bond acceptors (Lipinski definition) is 4. The summed E-state index contributed by atoms with van der Waals surface area (Å²) in [5.41, 5.74) is 1.91. The molecule has 1 aromatic heterocycles. The molecule has 1 unspecified atom stereocenters. The Morgan fingerprint density at radius 1 is 1.23 bits per heavy atom. The molecular formula is C18H20N4. The van der Waals surface area contributed by atoms with Crippen LogP contribution in [0, 0.1) is 11.3 Å². The summed E-state index contributed by atoms with van der Waals surface area (Å²) in [6, 6.07) is 16.8. The number of hydrogen-bond donors (Lipinski definition) is 0. The molecule has 1 aliphatic heterocycles. The number of nitriles is 1. The lowest BCUT2D eigenvalue weighted by molar-refractivity contribution is 0.486. The van der Waals surface area contributed by atoms with Gasteiger partial charge in [0.15, 0.2) is 0 Å². The van der Waals surface area contributed by atoms with Gasteiger partial charge in [0.1, 0.15) is 11.9 Å². The fourth-order valence-corrected chi connectivity index (χ4v) is 3.08. The third-order valence-corrected chi connectivity index (χ3v) is 4.31. The monoisotopic (exact) mass is 292 g/mol. The lowest BCUT2D eigenvalue weighted by Gasteiger charge is -2.39. The Kier molecular flexibility index (Phi) is 4.24. The van der Waals surface area contributed by atoms with Gasteiger partial charge < -0.3 is 9.80 Å². The maximum Gasteiger partial charge on any atom is 0.146 e. The largest absolute Gasteiger partial charge is 0.369 e. The van der Waals surface area contributed by atoms with Crippen LogP contribution in [0.5, 0.6) is 0 Å². The van der Waals surface area contributed by atoms with Gasteiger partial charge in [-0.05, 0) is 37.1 Å². The molecule has 1 aromatic carbocycles. The van der Waals surface area contributed by atoms with E-state index in [2.05, 4.69) is 45.1 Å². The number of pyridine rings is 1. The van der Waals surface area contributed by atoms with Crippen LogP contribution in [0.4, 0.5) is 11.5 Å². The van der Waals surface area contributed by atoms with Gasteiger partial charge in [0, 0.05) is 38.1 Å². The maximum absolute atomic E-state index is 9.27. The maximum atomic E-state index is 9.27. The highest BCUT2D eigenvalue weighted by Gasteiger charge is 2.25. The Morgan fingerprint density at radius 2 is 2.05 bits per heavy atom. The van der Waals surface area contributed by atoms with Crippen molar-refractivity contribution in [2.24, 2.45) is 0 Å². The molecule has 3 rings (SSSR count). The van der Waals surface area contributed by atoms with Crippen LogP contribution in [0.15, 0.2) is 48.7 Å². The first-order valence-electron chi connectivity index (χ1n) is 7.67. The van der Waals surface area contributed by atoms with Crippen LogP contribution >= 0.6 is 0 Å². The molecule has 22 heavy (non-hydrogen) atoms. The van der Waals surface area contributed by atoms with Gasteiger partial charge >= 0.3 is 0 Å². The van der Waals surface area contributed by atoms with Crippen molar-refractivity contribution in [3.63, 3.8) is 0 Å². The van der Waals surface area contributed by atoms with E-state index in [4.69, 9.17) is 0 Å². The van der Waals surface area contributed by atoms with Crippen molar-refractivity contribution in [1.82, 2.24) is 4.98 Å². The highest BCUT2D eigenvalue weighted by molar-refractivity contribution is 5.54. The Hall–Kier alpha value is -2.54. The van der Waals surface area contributed by atoms with E-state index < -0.39 is 0 Å². The van der Waals surface area contributed by atoms with Gasteiger partial charge in [-0.2, -0.15) is 5.26 Å². The van der Waals surface area contributed by atoms with E-state index in [0.29, 0.717) is 11.6 Å². The molecule has 4 heteroatoms. The zero-order valence-electron chi connectivity index (χ0n) is 12.8. The molecule has 112 valence electrons. The van der Waals surface area contributed by atoms with Gasteiger partial charge in [-0.1, -0.05) is 18.2 Å². The minimum absolute atomic E-state index is 0.371. The third kappa shape index (κ3) is 2.89. The minimum atomic E-state index is 0.371. The molecule has 1 aliphatic rings. The zero-order valence-corrected chi connectivity index (χ0v) is 12.8. The predicted octanol–water partition coefficient (Wildman–Crippen LogP) is 3.06. The summed E-state index contributed by atoms with van der Waals surface area (Å²) in [7, 11) is 2.04. The van der Waals surface area contributed by atoms with Gasteiger partial charge in [0.2, 0.25) is 0 Å². The van der Waals surface area contributed by atoms with Gasteiger partial charge in [-0.25, -0.2) is 4.98 Å². The summed E-state index contributed by atoms with van der Waals surface area (Å²) < 4.78 is 0. The molecule has 4 nitrogen and oxygen atoms in total. The Bertz CT molecular complexity index is 662. The first kappa shape index (κ1) is 14.4. The number of piperidine rings is 1. The number of rotatable bonds is 3. The fourth-order valence-electron chi connectivity index (χ4n) is 3.08. The van der Waals surface area contributed by atoms with Crippen LogP contribution in [0.25, 0.3) is 0 Å². The first-order valence-corrected chi connectivity index (χ1v) is 7.67. The van der Waals surface area contributed by atoms with E-state index in [9.17, 15) is 5.26 Å². The number of likely N-dealkylation sites (N-methyl/N-ethyl adjacent to an activating group) is 1. The Morgan fingerprint density at radius 3 is 2.82 bits per heavy atom. The molecule has 2 aromatic rings. The normalized spacial score (nSPS) is 17.8. The molecule has 0 spiro atoms. The molecule has 0 radical (unpaired) electrons. The van der Waals surface area contributed by atoms with Gasteiger partial charge in [-0.15, -0.1) is 0 Å². The van der Waals surface area contributed by atoms with Crippen LogP contribution in [-0.2, 0) is 0 Å². The quantitative estimate of drug-likeness (QED) is 0.872. The van der Waals surface area contributed by atoms with E-state index in [1.54, 1.807) is 6.20 Å². The van der Waals surface area contributed by atoms with Crippen molar-refractivity contribution in [3.8, 4) is 6.07 Å². The van der Waals surface area contributed by atoms with E-state index in [1.807, 2.05) is 25.2 Å². The fraction of sp³-hybridized carbons (Fsp3) is 0.333. The van der Waals surface area contributed by atoms with E-state index >= 15 is 0 Å². The summed E-state index contributed by atoms with van der Waals surface area (Å²) in [6.45, 7) is 2.05. The van der Waals surface area contributed by atoms with Gasteiger partial charge in [0.05, 0.1) is 5.56 Å². The second-order valence-corrected chi connectivity index (χ2v) is 5.67. The first-order chi connectivity index (χ1) is 10.8. The lowest BCUT2D eigenvalue weighted by atomic mass is 10.0. The van der Waals surface area contributed by atoms with Gasteiger partial charge in [-0.3, -0.25) is 0 Å². The van der Waals surface area contributed by atoms with E-state index in [-0.39, 0.29) is 0 Å². The topological polar surface area (TPSA) is 43.2 Å². The minimum Gasteiger partial charge on any atom is -0.369 e. The molecule has 1 fully saturated rings. The summed E-state index contributed by atoms with van der Waals surface area (Å²) in [5, 5.41) is 9.27. The molecule has 1 saturated heterocycles. The van der Waals surface area contributed by atoms with E-state index in [0.717, 1.165) is 31.7 Å². The standard InChI is InChI=1S/C18H20N4/c1-21(18-15(13-19)7-5-11-20-18)17-10-6-12-22(14-17)16-8-3-2-4-9-16/h2-5,7-9,11,17H,6,10,12,14H2,1H3. The lowest BCUT2D eigenvalue weighted by Crippen LogP contribution is -2.47. The van der Waals surface area contributed by atoms with Crippen molar-refractivity contribution in [2.45, 2.75) is 18.9 Å². The van der Waals surface area contributed by atoms with Crippen molar-refractivity contribution in [2.75, 3.05) is 29.9 Å². The second kappa shape index (κ2) is 6.48. The Balaban J connectivity index is 1.79. The molecule has 0 bridgehead atoms. The second-order valence-electron chi connectivity index (χ2n) is 5.67. The Labute approximate surface area is 131 Å². The van der Waals surface area contributed by atoms with E-state index in [1.165, 1.54) is 5.69 Å². The van der Waals surface area contributed by atoms with Crippen LogP contribution in [0.3, 0.4) is 0 Å². The third-order valence-electron chi connectivity index (χ3n) is 4.31. The molecule has 1 atom stereocenters. The molecule has 0 saturated carbocycles. The highest BCUT2D eigenvalue weighted by atomic mass is 15.2. The number of benzene rings is 1. The molecule has 2 heterocycles. The van der Waals surface area contributed by atoms with Crippen molar-refractivity contribution in [3.05, 3.63) is 54.2 Å². The summed E-state index contributed by atoms with van der Waals surface area (Å²) in [6.07, 6.45) is 4.03. The van der Waals surface area contributed by atoms with Crippen LogP contribution in [0.2, 0.25) is 0 Å². The number of aromatic nitrogens is 1. The number of anilines is 2. The average molecular weight is 292 g/mol. The van der Waals surface area contributed by atoms with Crippen LogP contribution in [-0.4, -0.2) is 31.2 Å². The summed E-state index contributed by atoms with van der Waals surface area (Å²) >= 11 is 0. The van der Waals surface area contributed by atoms with Crippen LogP contribution < -0.4 is 9.80 Å². The molecule has 0 amide bonds. The predicted molar refractivity (Wildman–Crippen MR) is 89.0 cm³/mol. The molecule has 0 aliphatic carbocycles. The zero-order chi connectivity index (χ0) is 15.4. The van der Waals surface area contributed by atoms with Crippen LogP contribution in [0.1, 0.15) is 18.4 Å². The number of para-hydroxylation sites is 1. The van der Waals surface area contributed by atoms with Gasteiger partial charge in [0.25, 0.3) is 0 Å². The highest BCUT2D eigenvalue weighted by Crippen LogP contribution is 2.25. The SMILES string of the molecule is CN(c1ncccc1C#N)C1CCCN(c2ccccc2)C1. The summed E-state index contributed by atoms with van der Waals surface area (Å²) in [4.78, 5) is 8.98. The molecular weight excluding hydrogens is 272 g/mol. The average Bonchev–Trinajstić information content (AvgIpc) is 2.62. The molecule has 0 N–H and O–H groups in total. The smallest absolute Gasteiger partial charge is 0.146 e.